The van der Waals surface area contributed by atoms with Crippen molar-refractivity contribution in [3.05, 3.63) is 29.6 Å². The molecule has 0 saturated heterocycles. The lowest BCUT2D eigenvalue weighted by atomic mass is 10.1. The number of nitrogens with zero attached hydrogens (tertiary/aromatic N) is 1. The van der Waals surface area contributed by atoms with Crippen LogP contribution in [0.25, 0.3) is 0 Å². The highest BCUT2D eigenvalue weighted by Gasteiger charge is 2.30. The van der Waals surface area contributed by atoms with Crippen molar-refractivity contribution < 1.29 is 9.13 Å². The number of hydrogen-bond donors (Lipinski definition) is 1. The third kappa shape index (κ3) is 4.68. The second-order valence-corrected chi connectivity index (χ2v) is 6.18. The van der Waals surface area contributed by atoms with Crippen LogP contribution in [0.1, 0.15) is 32.3 Å². The van der Waals surface area contributed by atoms with E-state index < -0.39 is 0 Å². The van der Waals surface area contributed by atoms with Gasteiger partial charge in [-0.1, -0.05) is 19.9 Å². The summed E-state index contributed by atoms with van der Waals surface area (Å²) in [6, 6.07) is 5.94. The standard InChI is InChI=1S/C17H27FN2O/c1-13(2)11-19-12-15-16(18)5-4-6-17(15)20(9-10-21-3)14-7-8-14/h4-6,13-14,19H,7-12H2,1-3H3. The number of hydrogen-bond acceptors (Lipinski definition) is 3. The highest BCUT2D eigenvalue weighted by Crippen LogP contribution is 2.34. The van der Waals surface area contributed by atoms with Crippen LogP contribution in [0.15, 0.2) is 18.2 Å². The number of anilines is 1. The normalized spacial score (nSPS) is 14.7. The number of benzene rings is 1. The van der Waals surface area contributed by atoms with Crippen LogP contribution in [0, 0.1) is 11.7 Å². The molecule has 1 aliphatic rings. The average Bonchev–Trinajstić information content (AvgIpc) is 3.26. The van der Waals surface area contributed by atoms with Gasteiger partial charge in [0.05, 0.1) is 6.61 Å². The van der Waals surface area contributed by atoms with Crippen LogP contribution in [-0.2, 0) is 11.3 Å². The first-order valence-electron chi connectivity index (χ1n) is 7.87. The fourth-order valence-corrected chi connectivity index (χ4v) is 2.55. The van der Waals surface area contributed by atoms with E-state index in [-0.39, 0.29) is 5.82 Å². The van der Waals surface area contributed by atoms with Crippen molar-refractivity contribution in [1.29, 1.82) is 0 Å². The summed E-state index contributed by atoms with van der Waals surface area (Å²) in [5.41, 5.74) is 1.80. The van der Waals surface area contributed by atoms with Gasteiger partial charge in [0.2, 0.25) is 0 Å². The molecule has 0 unspecified atom stereocenters. The Morgan fingerprint density at radius 1 is 1.38 bits per heavy atom. The van der Waals surface area contributed by atoms with Crippen LogP contribution in [0.4, 0.5) is 10.1 Å². The van der Waals surface area contributed by atoms with Crippen molar-refractivity contribution in [3.63, 3.8) is 0 Å². The maximum Gasteiger partial charge on any atom is 0.129 e. The molecule has 0 bridgehead atoms. The smallest absolute Gasteiger partial charge is 0.129 e. The van der Waals surface area contributed by atoms with E-state index in [9.17, 15) is 4.39 Å². The van der Waals surface area contributed by atoms with E-state index in [1.165, 1.54) is 12.8 Å². The minimum Gasteiger partial charge on any atom is -0.383 e. The van der Waals surface area contributed by atoms with E-state index in [0.717, 1.165) is 24.3 Å². The number of halogens is 1. The van der Waals surface area contributed by atoms with E-state index in [4.69, 9.17) is 4.74 Å². The Hall–Kier alpha value is -1.13. The Bertz CT molecular complexity index is 446. The van der Waals surface area contributed by atoms with E-state index in [2.05, 4.69) is 24.1 Å². The molecule has 1 aromatic rings. The van der Waals surface area contributed by atoms with Gasteiger partial charge in [0.1, 0.15) is 5.82 Å². The maximum absolute atomic E-state index is 14.2. The predicted octanol–water partition coefficient (Wildman–Crippen LogP) is 3.19. The predicted molar refractivity (Wildman–Crippen MR) is 85.2 cm³/mol. The molecular formula is C17H27FN2O. The SMILES string of the molecule is COCCN(c1cccc(F)c1CNCC(C)C)C1CC1. The van der Waals surface area contributed by atoms with Crippen LogP contribution in [-0.4, -0.2) is 32.8 Å². The van der Waals surface area contributed by atoms with Crippen molar-refractivity contribution in [2.75, 3.05) is 31.7 Å². The molecule has 118 valence electrons. The number of nitrogens with one attached hydrogen (secondary N) is 1. The molecular weight excluding hydrogens is 267 g/mol. The quantitative estimate of drug-likeness (QED) is 0.757. The molecule has 2 rings (SSSR count). The van der Waals surface area contributed by atoms with Crippen molar-refractivity contribution in [1.82, 2.24) is 5.32 Å². The van der Waals surface area contributed by atoms with Crippen molar-refractivity contribution in [3.8, 4) is 0 Å². The molecule has 3 nitrogen and oxygen atoms in total. The summed E-state index contributed by atoms with van der Waals surface area (Å²) in [7, 11) is 1.71. The minimum atomic E-state index is -0.119. The number of ether oxygens (including phenoxy) is 1. The second kappa shape index (κ2) is 7.76. The maximum atomic E-state index is 14.2. The van der Waals surface area contributed by atoms with Gasteiger partial charge >= 0.3 is 0 Å². The van der Waals surface area contributed by atoms with Gasteiger partial charge < -0.3 is 15.0 Å². The van der Waals surface area contributed by atoms with E-state index in [1.54, 1.807) is 19.2 Å². The van der Waals surface area contributed by atoms with Gasteiger partial charge in [0.25, 0.3) is 0 Å². The van der Waals surface area contributed by atoms with Gasteiger partial charge in [0.15, 0.2) is 0 Å². The molecule has 0 aliphatic heterocycles. The molecule has 0 amide bonds. The minimum absolute atomic E-state index is 0.119. The van der Waals surface area contributed by atoms with E-state index in [0.29, 0.717) is 25.1 Å². The summed E-state index contributed by atoms with van der Waals surface area (Å²) in [4.78, 5) is 2.30. The van der Waals surface area contributed by atoms with Gasteiger partial charge in [-0.3, -0.25) is 0 Å². The largest absolute Gasteiger partial charge is 0.383 e. The fourth-order valence-electron chi connectivity index (χ4n) is 2.55. The summed E-state index contributed by atoms with van der Waals surface area (Å²) >= 11 is 0. The van der Waals surface area contributed by atoms with Crippen molar-refractivity contribution >= 4 is 5.69 Å². The van der Waals surface area contributed by atoms with Gasteiger partial charge in [-0.25, -0.2) is 4.39 Å². The van der Waals surface area contributed by atoms with Crippen molar-refractivity contribution in [2.24, 2.45) is 5.92 Å². The highest BCUT2D eigenvalue weighted by atomic mass is 19.1. The van der Waals surface area contributed by atoms with Crippen LogP contribution < -0.4 is 10.2 Å². The monoisotopic (exact) mass is 294 g/mol. The topological polar surface area (TPSA) is 24.5 Å². The van der Waals surface area contributed by atoms with Gasteiger partial charge in [-0.15, -0.1) is 0 Å². The average molecular weight is 294 g/mol. The zero-order chi connectivity index (χ0) is 15.2. The zero-order valence-electron chi connectivity index (χ0n) is 13.4. The van der Waals surface area contributed by atoms with Crippen molar-refractivity contribution in [2.45, 2.75) is 39.3 Å². The third-order valence-corrected chi connectivity index (χ3v) is 3.78. The van der Waals surface area contributed by atoms with Gasteiger partial charge in [-0.05, 0) is 37.4 Å². The summed E-state index contributed by atoms with van der Waals surface area (Å²) in [5, 5.41) is 3.35. The molecule has 0 heterocycles. The molecule has 0 spiro atoms. The van der Waals surface area contributed by atoms with Crippen LogP contribution >= 0.6 is 0 Å². The Morgan fingerprint density at radius 3 is 2.76 bits per heavy atom. The summed E-state index contributed by atoms with van der Waals surface area (Å²) in [6.45, 7) is 7.29. The zero-order valence-corrected chi connectivity index (χ0v) is 13.4. The second-order valence-electron chi connectivity index (χ2n) is 6.18. The molecule has 0 atom stereocenters. The first-order chi connectivity index (χ1) is 10.1. The summed E-state index contributed by atoms with van der Waals surface area (Å²) in [5.74, 6) is 0.445. The van der Waals surface area contributed by atoms with E-state index in [1.807, 2.05) is 6.07 Å². The van der Waals surface area contributed by atoms with Crippen LogP contribution in [0.2, 0.25) is 0 Å². The lowest BCUT2D eigenvalue weighted by Gasteiger charge is -2.27. The Kier molecular flexibility index (Phi) is 6.00. The molecule has 21 heavy (non-hydrogen) atoms. The van der Waals surface area contributed by atoms with Crippen LogP contribution in [0.5, 0.6) is 0 Å². The summed E-state index contributed by atoms with van der Waals surface area (Å²) < 4.78 is 19.4. The number of rotatable bonds is 9. The Morgan fingerprint density at radius 2 is 2.14 bits per heavy atom. The van der Waals surface area contributed by atoms with Gasteiger partial charge in [-0.2, -0.15) is 0 Å². The molecule has 1 N–H and O–H groups in total. The molecule has 1 fully saturated rings. The Balaban J connectivity index is 2.14. The lowest BCUT2D eigenvalue weighted by molar-refractivity contribution is 0.205. The molecule has 0 aromatic heterocycles. The number of methoxy groups -OCH3 is 1. The molecule has 0 radical (unpaired) electrons. The fraction of sp³-hybridized carbons (Fsp3) is 0.647. The molecule has 1 aliphatic carbocycles. The van der Waals surface area contributed by atoms with Gasteiger partial charge in [0, 0.05) is 37.5 Å². The first kappa shape index (κ1) is 16.2. The van der Waals surface area contributed by atoms with E-state index >= 15 is 0 Å². The lowest BCUT2D eigenvalue weighted by Crippen LogP contribution is -2.31. The first-order valence-corrected chi connectivity index (χ1v) is 7.87. The Labute approximate surface area is 127 Å². The van der Waals surface area contributed by atoms with Crippen LogP contribution in [0.3, 0.4) is 0 Å². The summed E-state index contributed by atoms with van der Waals surface area (Å²) in [6.07, 6.45) is 2.39. The highest BCUT2D eigenvalue weighted by molar-refractivity contribution is 5.56. The third-order valence-electron chi connectivity index (χ3n) is 3.78. The molecule has 1 aromatic carbocycles. The molecule has 1 saturated carbocycles. The molecule has 4 heteroatoms.